The lowest BCUT2D eigenvalue weighted by atomic mass is 10.0. The van der Waals surface area contributed by atoms with Crippen LogP contribution in [0, 0.1) is 0 Å². The number of nitrogens with zero attached hydrogens (tertiary/aromatic N) is 1. The summed E-state index contributed by atoms with van der Waals surface area (Å²) in [6.07, 6.45) is 1.88. The summed E-state index contributed by atoms with van der Waals surface area (Å²) in [7, 11) is 0. The van der Waals surface area contributed by atoms with Crippen molar-refractivity contribution in [3.8, 4) is 11.6 Å². The largest absolute Gasteiger partial charge is 0.439 e. The van der Waals surface area contributed by atoms with Gasteiger partial charge in [0.05, 0.1) is 0 Å². The Morgan fingerprint density at radius 2 is 1.86 bits per heavy atom. The van der Waals surface area contributed by atoms with Crippen molar-refractivity contribution in [2.45, 2.75) is 39.7 Å². The van der Waals surface area contributed by atoms with Crippen LogP contribution in [0.15, 0.2) is 42.6 Å². The molecule has 2 rings (SSSR count). The molecule has 0 aliphatic heterocycles. The number of ether oxygens (including phenoxy) is 1. The van der Waals surface area contributed by atoms with Crippen LogP contribution in [0.5, 0.6) is 11.6 Å². The van der Waals surface area contributed by atoms with Gasteiger partial charge in [-0.3, -0.25) is 0 Å². The third kappa shape index (κ3) is 4.05. The van der Waals surface area contributed by atoms with Gasteiger partial charge >= 0.3 is 0 Å². The Morgan fingerprint density at radius 3 is 2.48 bits per heavy atom. The highest BCUT2D eigenvalue weighted by Gasteiger charge is 2.09. The van der Waals surface area contributed by atoms with Crippen molar-refractivity contribution in [2.75, 3.05) is 6.54 Å². The van der Waals surface area contributed by atoms with Crippen molar-refractivity contribution in [1.29, 1.82) is 0 Å². The van der Waals surface area contributed by atoms with Gasteiger partial charge in [0.1, 0.15) is 5.75 Å². The first-order valence-corrected chi connectivity index (χ1v) is 7.58. The SMILES string of the molecule is CCNC(C)c1ccc(Oc2ccccc2C(C)C)nc1. The highest BCUT2D eigenvalue weighted by atomic mass is 16.5. The third-order valence-corrected chi connectivity index (χ3v) is 3.53. The Labute approximate surface area is 127 Å². The number of hydrogen-bond donors (Lipinski definition) is 1. The van der Waals surface area contributed by atoms with Gasteiger partial charge in [-0.2, -0.15) is 0 Å². The molecular formula is C18H24N2O. The summed E-state index contributed by atoms with van der Waals surface area (Å²) in [4.78, 5) is 4.42. The minimum atomic E-state index is 0.305. The molecule has 0 radical (unpaired) electrons. The summed E-state index contributed by atoms with van der Waals surface area (Å²) >= 11 is 0. The topological polar surface area (TPSA) is 34.1 Å². The lowest BCUT2D eigenvalue weighted by molar-refractivity contribution is 0.453. The maximum atomic E-state index is 5.93. The molecule has 0 spiro atoms. The number of benzene rings is 1. The zero-order valence-corrected chi connectivity index (χ0v) is 13.3. The molecular weight excluding hydrogens is 260 g/mol. The molecule has 0 saturated heterocycles. The molecule has 0 amide bonds. The van der Waals surface area contributed by atoms with Crippen LogP contribution in [0.2, 0.25) is 0 Å². The zero-order valence-electron chi connectivity index (χ0n) is 13.3. The Bertz CT molecular complexity index is 564. The van der Waals surface area contributed by atoms with Crippen LogP contribution in [0.25, 0.3) is 0 Å². The summed E-state index contributed by atoms with van der Waals surface area (Å²) in [6.45, 7) is 9.51. The normalized spacial score (nSPS) is 12.4. The van der Waals surface area contributed by atoms with Crippen LogP contribution in [0.3, 0.4) is 0 Å². The summed E-state index contributed by atoms with van der Waals surface area (Å²) in [5, 5.41) is 3.37. The number of nitrogens with one attached hydrogen (secondary N) is 1. The maximum absolute atomic E-state index is 5.93. The van der Waals surface area contributed by atoms with Crippen molar-refractivity contribution in [3.63, 3.8) is 0 Å². The van der Waals surface area contributed by atoms with Crippen LogP contribution in [-0.4, -0.2) is 11.5 Å². The van der Waals surface area contributed by atoms with Crippen LogP contribution in [0.1, 0.15) is 50.8 Å². The van der Waals surface area contributed by atoms with Crippen LogP contribution >= 0.6 is 0 Å². The van der Waals surface area contributed by atoms with Gasteiger partial charge in [-0.1, -0.05) is 45.0 Å². The molecule has 1 aromatic heterocycles. The van der Waals surface area contributed by atoms with E-state index in [4.69, 9.17) is 4.74 Å². The average molecular weight is 284 g/mol. The van der Waals surface area contributed by atoms with Crippen molar-refractivity contribution < 1.29 is 4.74 Å². The van der Waals surface area contributed by atoms with E-state index in [1.54, 1.807) is 0 Å². The molecule has 1 aromatic carbocycles. The van der Waals surface area contributed by atoms with Crippen LogP contribution in [-0.2, 0) is 0 Å². The first kappa shape index (κ1) is 15.5. The molecule has 112 valence electrons. The minimum Gasteiger partial charge on any atom is -0.439 e. The van der Waals surface area contributed by atoms with E-state index in [0.717, 1.165) is 12.3 Å². The second-order valence-corrected chi connectivity index (χ2v) is 5.50. The molecule has 1 atom stereocenters. The smallest absolute Gasteiger partial charge is 0.219 e. The lowest BCUT2D eigenvalue weighted by Crippen LogP contribution is -2.17. The van der Waals surface area contributed by atoms with E-state index in [1.807, 2.05) is 30.5 Å². The third-order valence-electron chi connectivity index (χ3n) is 3.53. The van der Waals surface area contributed by atoms with Crippen molar-refractivity contribution >= 4 is 0 Å². The molecule has 0 fully saturated rings. The van der Waals surface area contributed by atoms with Crippen LogP contribution < -0.4 is 10.1 Å². The fraction of sp³-hybridized carbons (Fsp3) is 0.389. The van der Waals surface area contributed by atoms with Gasteiger partial charge < -0.3 is 10.1 Å². The monoisotopic (exact) mass is 284 g/mol. The molecule has 1 N–H and O–H groups in total. The van der Waals surface area contributed by atoms with Gasteiger partial charge in [0.15, 0.2) is 0 Å². The molecule has 1 unspecified atom stereocenters. The van der Waals surface area contributed by atoms with Gasteiger partial charge in [0.25, 0.3) is 0 Å². The lowest BCUT2D eigenvalue weighted by Gasteiger charge is -2.14. The van der Waals surface area contributed by atoms with Gasteiger partial charge in [-0.05, 0) is 36.6 Å². The predicted octanol–water partition coefficient (Wildman–Crippen LogP) is 4.67. The van der Waals surface area contributed by atoms with Crippen molar-refractivity contribution in [3.05, 3.63) is 53.7 Å². The van der Waals surface area contributed by atoms with Gasteiger partial charge in [0.2, 0.25) is 5.88 Å². The second kappa shape index (κ2) is 7.23. The van der Waals surface area contributed by atoms with E-state index in [0.29, 0.717) is 17.8 Å². The number of pyridine rings is 1. The molecule has 2 aromatic rings. The molecule has 3 nitrogen and oxygen atoms in total. The Morgan fingerprint density at radius 1 is 1.10 bits per heavy atom. The van der Waals surface area contributed by atoms with E-state index in [9.17, 15) is 0 Å². The maximum Gasteiger partial charge on any atom is 0.219 e. The number of aromatic nitrogens is 1. The molecule has 3 heteroatoms. The highest BCUT2D eigenvalue weighted by molar-refractivity contribution is 5.38. The van der Waals surface area contributed by atoms with Gasteiger partial charge in [0, 0.05) is 18.3 Å². The Hall–Kier alpha value is -1.87. The van der Waals surface area contributed by atoms with Crippen molar-refractivity contribution in [1.82, 2.24) is 10.3 Å². The van der Waals surface area contributed by atoms with Crippen molar-refractivity contribution in [2.24, 2.45) is 0 Å². The molecule has 1 heterocycles. The Balaban J connectivity index is 2.14. The Kier molecular flexibility index (Phi) is 5.34. The van der Waals surface area contributed by atoms with E-state index in [1.165, 1.54) is 11.1 Å². The second-order valence-electron chi connectivity index (χ2n) is 5.50. The zero-order chi connectivity index (χ0) is 15.2. The summed E-state index contributed by atoms with van der Waals surface area (Å²) in [5.74, 6) is 1.94. The van der Waals surface area contributed by atoms with Crippen LogP contribution in [0.4, 0.5) is 0 Å². The minimum absolute atomic E-state index is 0.305. The molecule has 0 saturated carbocycles. The summed E-state index contributed by atoms with van der Waals surface area (Å²) in [5.41, 5.74) is 2.37. The summed E-state index contributed by atoms with van der Waals surface area (Å²) in [6, 6.07) is 12.4. The summed E-state index contributed by atoms with van der Waals surface area (Å²) < 4.78 is 5.93. The average Bonchev–Trinajstić information content (AvgIpc) is 2.48. The van der Waals surface area contributed by atoms with E-state index >= 15 is 0 Å². The van der Waals surface area contributed by atoms with E-state index in [2.05, 4.69) is 50.1 Å². The number of hydrogen-bond acceptors (Lipinski definition) is 3. The van der Waals surface area contributed by atoms with E-state index < -0.39 is 0 Å². The van der Waals surface area contributed by atoms with E-state index in [-0.39, 0.29) is 0 Å². The molecule has 0 aliphatic rings. The number of para-hydroxylation sites is 1. The molecule has 21 heavy (non-hydrogen) atoms. The standard InChI is InChI=1S/C18H24N2O/c1-5-19-14(4)15-10-11-18(20-12-15)21-17-9-7-6-8-16(17)13(2)3/h6-14,19H,5H2,1-4H3. The number of rotatable bonds is 6. The van der Waals surface area contributed by atoms with Gasteiger partial charge in [-0.15, -0.1) is 0 Å². The predicted molar refractivity (Wildman–Crippen MR) is 86.9 cm³/mol. The first-order chi connectivity index (χ1) is 10.1. The molecule has 0 aliphatic carbocycles. The fourth-order valence-electron chi connectivity index (χ4n) is 2.30. The quantitative estimate of drug-likeness (QED) is 0.837. The first-order valence-electron chi connectivity index (χ1n) is 7.58. The molecule has 0 bridgehead atoms. The highest BCUT2D eigenvalue weighted by Crippen LogP contribution is 2.29. The van der Waals surface area contributed by atoms with Gasteiger partial charge in [-0.25, -0.2) is 4.98 Å². The fourth-order valence-corrected chi connectivity index (χ4v) is 2.30.